The van der Waals surface area contributed by atoms with Gasteiger partial charge in [0.1, 0.15) is 0 Å². The first-order valence-electron chi connectivity index (χ1n) is 8.62. The van der Waals surface area contributed by atoms with E-state index in [4.69, 9.17) is 4.74 Å². The monoisotopic (exact) mass is 495 g/mol. The third kappa shape index (κ3) is 9.18. The summed E-state index contributed by atoms with van der Waals surface area (Å²) in [5.74, 6) is 1.68. The van der Waals surface area contributed by atoms with Crippen LogP contribution in [0.5, 0.6) is 0 Å². The molecule has 6 nitrogen and oxygen atoms in total. The van der Waals surface area contributed by atoms with E-state index in [-0.39, 0.29) is 29.7 Å². The van der Waals surface area contributed by atoms with Crippen molar-refractivity contribution in [3.63, 3.8) is 0 Å². The summed E-state index contributed by atoms with van der Waals surface area (Å²) < 4.78 is 28.3. The van der Waals surface area contributed by atoms with Crippen molar-refractivity contribution in [3.8, 4) is 0 Å². The number of guanidine groups is 1. The lowest BCUT2D eigenvalue weighted by Crippen LogP contribution is -2.40. The van der Waals surface area contributed by atoms with Gasteiger partial charge in [0.15, 0.2) is 15.8 Å². The Morgan fingerprint density at radius 2 is 1.88 bits per heavy atom. The largest absolute Gasteiger partial charge is 0.379 e. The highest BCUT2D eigenvalue weighted by atomic mass is 127. The fourth-order valence-electron chi connectivity index (χ4n) is 2.46. The minimum absolute atomic E-state index is 0. The number of hydrogen-bond acceptors (Lipinski definition) is 4. The molecule has 1 aliphatic carbocycles. The Kier molecular flexibility index (Phi) is 9.88. The lowest BCUT2D eigenvalue weighted by atomic mass is 10.1. The second-order valence-electron chi connectivity index (χ2n) is 6.73. The highest BCUT2D eigenvalue weighted by molar-refractivity contribution is 14.0. The third-order valence-corrected chi connectivity index (χ3v) is 4.96. The lowest BCUT2D eigenvalue weighted by molar-refractivity contribution is 0.115. The fraction of sp³-hybridized carbons (Fsp3) is 0.611. The summed E-state index contributed by atoms with van der Waals surface area (Å²) in [7, 11) is 0.757. The molecule has 0 aromatic heterocycles. The maximum atomic E-state index is 11.3. The number of halogens is 1. The fourth-order valence-corrected chi connectivity index (χ4v) is 3.26. The van der Waals surface area contributed by atoms with Gasteiger partial charge in [-0.25, -0.2) is 8.42 Å². The van der Waals surface area contributed by atoms with Gasteiger partial charge in [0.25, 0.3) is 0 Å². The summed E-state index contributed by atoms with van der Waals surface area (Å²) in [4.78, 5) is 6.34. The molecular weight excluding hydrogens is 465 g/mol. The van der Waals surface area contributed by atoms with Gasteiger partial charge in [0.05, 0.1) is 12.4 Å². The molecule has 2 rings (SSSR count). The number of benzene rings is 1. The van der Waals surface area contributed by atoms with Gasteiger partial charge < -0.3 is 15.0 Å². The number of nitrogens with one attached hydrogen (secondary N) is 1. The maximum Gasteiger partial charge on any atom is 0.193 e. The SMILES string of the molecule is CN=C(NCc1ccc(CS(C)(=O)=O)cc1)N(C)CCOCC1CC1.I. The molecule has 148 valence electrons. The number of likely N-dealkylation sites (N-methyl/N-ethyl adjacent to an activating group) is 1. The van der Waals surface area contributed by atoms with Gasteiger partial charge in [-0.15, -0.1) is 24.0 Å². The van der Waals surface area contributed by atoms with E-state index in [1.54, 1.807) is 7.05 Å². The quantitative estimate of drug-likeness (QED) is 0.247. The molecule has 0 aliphatic heterocycles. The van der Waals surface area contributed by atoms with E-state index >= 15 is 0 Å². The Balaban J connectivity index is 0.00000338. The maximum absolute atomic E-state index is 11.3. The Labute approximate surface area is 174 Å². The van der Waals surface area contributed by atoms with Crippen LogP contribution in [-0.2, 0) is 26.9 Å². The standard InChI is InChI=1S/C18H29N3O3S.HI/c1-19-18(21(2)10-11-24-13-16-6-7-16)20-12-15-4-8-17(9-5-15)14-25(3,22)23;/h4-5,8-9,16H,6-7,10-14H2,1-3H3,(H,19,20);1H. The van der Waals surface area contributed by atoms with Crippen molar-refractivity contribution in [3.05, 3.63) is 35.4 Å². The smallest absolute Gasteiger partial charge is 0.193 e. The minimum atomic E-state index is -3.00. The summed E-state index contributed by atoms with van der Waals surface area (Å²) in [6.07, 6.45) is 3.86. The zero-order valence-corrected chi connectivity index (χ0v) is 18.9. The van der Waals surface area contributed by atoms with Gasteiger partial charge >= 0.3 is 0 Å². The highest BCUT2D eigenvalue weighted by Gasteiger charge is 2.21. The number of ether oxygens (including phenoxy) is 1. The van der Waals surface area contributed by atoms with Crippen LogP contribution in [0.2, 0.25) is 0 Å². The van der Waals surface area contributed by atoms with Crippen molar-refractivity contribution in [2.75, 3.05) is 40.1 Å². The van der Waals surface area contributed by atoms with E-state index < -0.39 is 9.84 Å². The summed E-state index contributed by atoms with van der Waals surface area (Å²) in [6, 6.07) is 7.60. The van der Waals surface area contributed by atoms with Gasteiger partial charge in [0.2, 0.25) is 0 Å². The third-order valence-electron chi connectivity index (χ3n) is 4.10. The molecule has 0 amide bonds. The summed E-state index contributed by atoms with van der Waals surface area (Å²) in [5, 5.41) is 3.32. The van der Waals surface area contributed by atoms with Crippen LogP contribution in [0.1, 0.15) is 24.0 Å². The molecule has 0 radical (unpaired) electrons. The Morgan fingerprint density at radius 3 is 2.42 bits per heavy atom. The number of aliphatic imine (C=N–C) groups is 1. The molecule has 8 heteroatoms. The topological polar surface area (TPSA) is 71.0 Å². The molecule has 0 saturated heterocycles. The van der Waals surface area contributed by atoms with Crippen LogP contribution in [0.4, 0.5) is 0 Å². The molecule has 1 saturated carbocycles. The summed E-state index contributed by atoms with van der Waals surface area (Å²) in [6.45, 7) is 3.01. The lowest BCUT2D eigenvalue weighted by Gasteiger charge is -2.22. The normalized spacial score (nSPS) is 14.7. The molecule has 1 N–H and O–H groups in total. The van der Waals surface area contributed by atoms with Crippen LogP contribution in [0, 0.1) is 5.92 Å². The molecule has 0 spiro atoms. The summed E-state index contributed by atoms with van der Waals surface area (Å²) >= 11 is 0. The van der Waals surface area contributed by atoms with Crippen LogP contribution in [0.15, 0.2) is 29.3 Å². The van der Waals surface area contributed by atoms with E-state index in [1.165, 1.54) is 19.1 Å². The highest BCUT2D eigenvalue weighted by Crippen LogP contribution is 2.28. The first kappa shape index (κ1) is 23.2. The number of rotatable bonds is 9. The number of nitrogens with zero attached hydrogens (tertiary/aromatic N) is 2. The first-order chi connectivity index (χ1) is 11.9. The molecule has 26 heavy (non-hydrogen) atoms. The zero-order chi connectivity index (χ0) is 18.3. The van der Waals surface area contributed by atoms with Crippen molar-refractivity contribution in [2.24, 2.45) is 10.9 Å². The zero-order valence-electron chi connectivity index (χ0n) is 15.8. The molecule has 0 atom stereocenters. The van der Waals surface area contributed by atoms with Gasteiger partial charge in [-0.05, 0) is 29.9 Å². The van der Waals surface area contributed by atoms with Crippen molar-refractivity contribution < 1.29 is 13.2 Å². The van der Waals surface area contributed by atoms with Crippen LogP contribution in [0.25, 0.3) is 0 Å². The van der Waals surface area contributed by atoms with E-state index in [9.17, 15) is 8.42 Å². The average molecular weight is 495 g/mol. The Hall–Kier alpha value is -0.870. The Bertz CT molecular complexity index is 673. The summed E-state index contributed by atoms with van der Waals surface area (Å²) in [5.41, 5.74) is 1.89. The average Bonchev–Trinajstić information content (AvgIpc) is 3.36. The van der Waals surface area contributed by atoms with Gasteiger partial charge in [0, 0.05) is 40.0 Å². The van der Waals surface area contributed by atoms with Crippen molar-refractivity contribution in [2.45, 2.75) is 25.1 Å². The van der Waals surface area contributed by atoms with Crippen LogP contribution in [-0.4, -0.2) is 59.4 Å². The molecule has 1 aliphatic rings. The molecule has 1 aromatic rings. The van der Waals surface area contributed by atoms with Crippen LogP contribution >= 0.6 is 24.0 Å². The van der Waals surface area contributed by atoms with E-state index in [2.05, 4.69) is 10.3 Å². The molecule has 1 fully saturated rings. The molecule has 0 unspecified atom stereocenters. The predicted octanol–water partition coefficient (Wildman–Crippen LogP) is 2.28. The van der Waals surface area contributed by atoms with Gasteiger partial charge in [-0.1, -0.05) is 24.3 Å². The predicted molar refractivity (Wildman–Crippen MR) is 117 cm³/mol. The van der Waals surface area contributed by atoms with Crippen LogP contribution in [0.3, 0.4) is 0 Å². The van der Waals surface area contributed by atoms with Crippen molar-refractivity contribution >= 4 is 39.8 Å². The van der Waals surface area contributed by atoms with E-state index in [1.807, 2.05) is 36.2 Å². The van der Waals surface area contributed by atoms with Crippen molar-refractivity contribution in [1.82, 2.24) is 10.2 Å². The Morgan fingerprint density at radius 1 is 1.27 bits per heavy atom. The van der Waals surface area contributed by atoms with Gasteiger partial charge in [-0.3, -0.25) is 4.99 Å². The first-order valence-corrected chi connectivity index (χ1v) is 10.7. The van der Waals surface area contributed by atoms with Gasteiger partial charge in [-0.2, -0.15) is 0 Å². The van der Waals surface area contributed by atoms with E-state index in [0.29, 0.717) is 13.2 Å². The van der Waals surface area contributed by atoms with Crippen LogP contribution < -0.4 is 5.32 Å². The minimum Gasteiger partial charge on any atom is -0.379 e. The van der Waals surface area contributed by atoms with E-state index in [0.717, 1.165) is 36.2 Å². The van der Waals surface area contributed by atoms with Crippen molar-refractivity contribution in [1.29, 1.82) is 0 Å². The molecule has 1 aromatic carbocycles. The molecule has 0 bridgehead atoms. The number of hydrogen-bond donors (Lipinski definition) is 1. The second-order valence-corrected chi connectivity index (χ2v) is 8.87. The molecular formula is C18H30IN3O3S. The molecule has 0 heterocycles. The second kappa shape index (κ2) is 11.1. The number of sulfone groups is 1.